The molecule has 4 aromatic rings. The number of fused-ring (bicyclic) bond motifs is 2. The second kappa shape index (κ2) is 9.42. The van der Waals surface area contributed by atoms with Gasteiger partial charge in [-0.3, -0.25) is 13.6 Å². The van der Waals surface area contributed by atoms with Gasteiger partial charge in [-0.25, -0.2) is 19.9 Å². The number of anilines is 2. The van der Waals surface area contributed by atoms with Gasteiger partial charge in [-0.05, 0) is 23.7 Å². The van der Waals surface area contributed by atoms with Crippen molar-refractivity contribution in [1.82, 2.24) is 39.0 Å². The standard InChI is InChI=1S/C24H33N10O5P/c1-21(2)7-23(21,9-33-11-29-15-5-27-19(25)31-17(15)33)36-13-38-40(35)39-14-37-24(8-22(24,3)4)10-34-12-30-16-6-28-20(26)32-18(16)34/h5-6,11-12,40H,7-10,13-14H2,1-4H3,(H2,25,27,31)(H2,26,28,32). The largest absolute Gasteiger partial charge is 0.368 e. The zero-order chi connectivity index (χ0) is 28.3. The normalized spacial score (nSPS) is 25.4. The van der Waals surface area contributed by atoms with Gasteiger partial charge < -0.3 is 30.1 Å². The molecule has 4 heterocycles. The second-order valence-corrected chi connectivity index (χ2v) is 12.9. The van der Waals surface area contributed by atoms with E-state index >= 15 is 0 Å². The minimum Gasteiger partial charge on any atom is -0.368 e. The van der Waals surface area contributed by atoms with E-state index in [1.165, 1.54) is 0 Å². The summed E-state index contributed by atoms with van der Waals surface area (Å²) in [5.41, 5.74) is 12.7. The summed E-state index contributed by atoms with van der Waals surface area (Å²) >= 11 is 0. The minimum atomic E-state index is -2.87. The van der Waals surface area contributed by atoms with E-state index < -0.39 is 19.5 Å². The number of rotatable bonds is 12. The molecule has 2 saturated carbocycles. The van der Waals surface area contributed by atoms with Crippen molar-refractivity contribution in [2.75, 3.05) is 25.1 Å². The van der Waals surface area contributed by atoms with Crippen molar-refractivity contribution < 1.29 is 23.1 Å². The Morgan fingerprint density at radius 1 is 0.775 bits per heavy atom. The number of nitrogens with zero attached hydrogens (tertiary/aromatic N) is 8. The Kier molecular flexibility index (Phi) is 6.35. The predicted octanol–water partition coefficient (Wildman–Crippen LogP) is 2.54. The molecule has 0 saturated heterocycles. The van der Waals surface area contributed by atoms with Gasteiger partial charge in [0, 0.05) is 0 Å². The molecule has 40 heavy (non-hydrogen) atoms. The number of nitrogen functional groups attached to an aromatic ring is 2. The molecule has 0 amide bonds. The third kappa shape index (κ3) is 4.81. The van der Waals surface area contributed by atoms with Crippen LogP contribution >= 0.6 is 8.25 Å². The molecule has 0 aromatic carbocycles. The third-order valence-corrected chi connectivity index (χ3v) is 9.01. The van der Waals surface area contributed by atoms with Crippen LogP contribution in [0.15, 0.2) is 25.0 Å². The van der Waals surface area contributed by atoms with E-state index in [1.54, 1.807) is 25.0 Å². The van der Waals surface area contributed by atoms with Crippen molar-refractivity contribution in [1.29, 1.82) is 0 Å². The summed E-state index contributed by atoms with van der Waals surface area (Å²) in [6, 6.07) is 0. The average Bonchev–Trinajstić information content (AvgIpc) is 3.37. The number of hydrogen-bond acceptors (Lipinski definition) is 13. The zero-order valence-electron chi connectivity index (χ0n) is 22.8. The average molecular weight is 573 g/mol. The number of nitrogens with two attached hydrogens (primary N) is 2. The first kappa shape index (κ1) is 27.0. The summed E-state index contributed by atoms with van der Waals surface area (Å²) in [7, 11) is -2.87. The molecule has 0 aliphatic heterocycles. The smallest absolute Gasteiger partial charge is 0.323 e. The molecule has 2 aliphatic rings. The van der Waals surface area contributed by atoms with E-state index in [-0.39, 0.29) is 36.3 Å². The lowest BCUT2D eigenvalue weighted by molar-refractivity contribution is -0.0958. The topological polar surface area (TPSA) is 193 Å². The van der Waals surface area contributed by atoms with Gasteiger partial charge in [-0.2, -0.15) is 9.97 Å². The summed E-state index contributed by atoms with van der Waals surface area (Å²) in [5, 5.41) is 0. The molecule has 2 unspecified atom stereocenters. The fraction of sp³-hybridized carbons (Fsp3) is 0.583. The molecular formula is C24H33N10O5P. The molecule has 2 aliphatic carbocycles. The van der Waals surface area contributed by atoms with Crippen LogP contribution < -0.4 is 11.5 Å². The van der Waals surface area contributed by atoms with Gasteiger partial charge in [0.2, 0.25) is 11.9 Å². The quantitative estimate of drug-likeness (QED) is 0.186. The molecule has 4 N–H and O–H groups in total. The van der Waals surface area contributed by atoms with Crippen LogP contribution in [0.4, 0.5) is 11.9 Å². The van der Waals surface area contributed by atoms with Crippen LogP contribution in [0.5, 0.6) is 0 Å². The highest BCUT2D eigenvalue weighted by Crippen LogP contribution is 2.60. The molecule has 2 fully saturated rings. The van der Waals surface area contributed by atoms with E-state index in [9.17, 15) is 4.57 Å². The van der Waals surface area contributed by atoms with Gasteiger partial charge in [-0.1, -0.05) is 27.7 Å². The first-order chi connectivity index (χ1) is 18.9. The van der Waals surface area contributed by atoms with Crippen LogP contribution in [0.2, 0.25) is 0 Å². The maximum Gasteiger partial charge on any atom is 0.323 e. The van der Waals surface area contributed by atoms with Crippen molar-refractivity contribution in [2.24, 2.45) is 10.8 Å². The molecule has 16 heteroatoms. The Labute approximate surface area is 230 Å². The van der Waals surface area contributed by atoms with Crippen LogP contribution in [0, 0.1) is 10.8 Å². The number of hydrogen-bond donors (Lipinski definition) is 2. The number of ether oxygens (including phenoxy) is 2. The second-order valence-electron chi connectivity index (χ2n) is 11.8. The Balaban J connectivity index is 1.02. The maximum atomic E-state index is 12.5. The van der Waals surface area contributed by atoms with Gasteiger partial charge in [0.05, 0.1) is 49.3 Å². The lowest BCUT2D eigenvalue weighted by Gasteiger charge is -2.23. The molecule has 0 spiro atoms. The highest BCUT2D eigenvalue weighted by atomic mass is 31.1. The van der Waals surface area contributed by atoms with Crippen molar-refractivity contribution in [3.05, 3.63) is 25.0 Å². The summed E-state index contributed by atoms with van der Waals surface area (Å²) < 4.78 is 39.3. The van der Waals surface area contributed by atoms with Crippen molar-refractivity contribution in [3.8, 4) is 0 Å². The van der Waals surface area contributed by atoms with Gasteiger partial charge in [0.25, 0.3) is 0 Å². The summed E-state index contributed by atoms with van der Waals surface area (Å²) in [4.78, 5) is 25.2. The molecule has 15 nitrogen and oxygen atoms in total. The monoisotopic (exact) mass is 572 g/mol. The Morgan fingerprint density at radius 3 is 1.55 bits per heavy atom. The molecule has 6 rings (SSSR count). The molecule has 2 atom stereocenters. The van der Waals surface area contributed by atoms with Crippen LogP contribution in [-0.4, -0.2) is 63.8 Å². The van der Waals surface area contributed by atoms with Crippen molar-refractivity contribution >= 4 is 42.5 Å². The minimum absolute atomic E-state index is 0.123. The highest BCUT2D eigenvalue weighted by Gasteiger charge is 2.64. The Morgan fingerprint density at radius 2 is 1.18 bits per heavy atom. The maximum absolute atomic E-state index is 12.5. The number of imidazole rings is 2. The number of aromatic nitrogens is 8. The summed E-state index contributed by atoms with van der Waals surface area (Å²) in [6.07, 6.45) is 8.11. The molecule has 0 bridgehead atoms. The third-order valence-electron chi connectivity index (χ3n) is 8.30. The SMILES string of the molecule is CC1(C)CC1(Cn1cnc2cnc(N)nc21)OCO[PH](=O)OCOC1(Cn2cnc3cnc(N)nc32)CC1(C)C. The Bertz CT molecular complexity index is 1490. The van der Waals surface area contributed by atoms with Gasteiger partial charge >= 0.3 is 8.25 Å². The first-order valence-corrected chi connectivity index (χ1v) is 14.1. The summed E-state index contributed by atoms with van der Waals surface area (Å²) in [5.74, 6) is 0.350. The molecule has 0 radical (unpaired) electrons. The van der Waals surface area contributed by atoms with Crippen LogP contribution in [0.1, 0.15) is 40.5 Å². The molecular weight excluding hydrogens is 539 g/mol. The Hall–Kier alpha value is -3.23. The van der Waals surface area contributed by atoms with E-state index in [0.717, 1.165) is 12.8 Å². The van der Waals surface area contributed by atoms with E-state index in [2.05, 4.69) is 57.6 Å². The van der Waals surface area contributed by atoms with Crippen LogP contribution in [-0.2, 0) is 36.2 Å². The van der Waals surface area contributed by atoms with E-state index in [1.807, 2.05) is 9.13 Å². The highest BCUT2D eigenvalue weighted by molar-refractivity contribution is 7.33. The van der Waals surface area contributed by atoms with Gasteiger partial charge in [-0.15, -0.1) is 0 Å². The predicted molar refractivity (Wildman–Crippen MR) is 145 cm³/mol. The molecule has 4 aromatic heterocycles. The van der Waals surface area contributed by atoms with Gasteiger partial charge in [0.15, 0.2) is 24.9 Å². The lowest BCUT2D eigenvalue weighted by Crippen LogP contribution is -2.28. The summed E-state index contributed by atoms with van der Waals surface area (Å²) in [6.45, 7) is 8.99. The van der Waals surface area contributed by atoms with Crippen molar-refractivity contribution in [2.45, 2.75) is 64.8 Å². The fourth-order valence-electron chi connectivity index (χ4n) is 5.40. The van der Waals surface area contributed by atoms with Gasteiger partial charge in [0.1, 0.15) is 11.0 Å². The van der Waals surface area contributed by atoms with Crippen LogP contribution in [0.25, 0.3) is 22.3 Å². The fourth-order valence-corrected chi connectivity index (χ4v) is 5.80. The van der Waals surface area contributed by atoms with Crippen molar-refractivity contribution in [3.63, 3.8) is 0 Å². The van der Waals surface area contributed by atoms with Crippen LogP contribution in [0.3, 0.4) is 0 Å². The molecule has 214 valence electrons. The van der Waals surface area contributed by atoms with E-state index in [0.29, 0.717) is 35.4 Å². The van der Waals surface area contributed by atoms with E-state index in [4.69, 9.17) is 30.0 Å². The lowest BCUT2D eigenvalue weighted by atomic mass is 10.1. The zero-order valence-corrected chi connectivity index (χ0v) is 23.8. The first-order valence-electron chi connectivity index (χ1n) is 12.9.